The number of amides is 1. The van der Waals surface area contributed by atoms with Gasteiger partial charge in [-0.15, -0.1) is 0 Å². The number of nitrogens with zero attached hydrogens (tertiary/aromatic N) is 2. The number of aryl methyl sites for hydroxylation is 1. The van der Waals surface area contributed by atoms with Crippen LogP contribution in [0.1, 0.15) is 36.7 Å². The topological polar surface area (TPSA) is 113 Å². The van der Waals surface area contributed by atoms with E-state index in [1.165, 1.54) is 42.7 Å². The Balaban J connectivity index is 1.62. The predicted molar refractivity (Wildman–Crippen MR) is 132 cm³/mol. The quantitative estimate of drug-likeness (QED) is 0.305. The van der Waals surface area contributed by atoms with Crippen molar-refractivity contribution in [3.63, 3.8) is 0 Å². The van der Waals surface area contributed by atoms with E-state index in [2.05, 4.69) is 15.2 Å². The minimum atomic E-state index is -4.15. The second-order valence-corrected chi connectivity index (χ2v) is 11.3. The third kappa shape index (κ3) is 5.08. The van der Waals surface area contributed by atoms with Crippen molar-refractivity contribution in [1.82, 2.24) is 14.4 Å². The zero-order valence-corrected chi connectivity index (χ0v) is 21.4. The normalized spacial score (nSPS) is 14.6. The van der Waals surface area contributed by atoms with Crippen LogP contribution < -0.4 is 14.8 Å². The molecule has 0 unspecified atom stereocenters. The molecule has 38 heavy (non-hydrogen) atoms. The van der Waals surface area contributed by atoms with Gasteiger partial charge in [-0.05, 0) is 44.0 Å². The largest absolute Gasteiger partial charge is 0.483 e. The Hall–Kier alpha value is -3.93. The Bertz CT molecular complexity index is 1580. The number of alkyl halides is 2. The molecule has 1 aliphatic rings. The molecule has 4 aromatic rings. The third-order valence-corrected chi connectivity index (χ3v) is 8.29. The van der Waals surface area contributed by atoms with Gasteiger partial charge in [0.15, 0.2) is 11.5 Å². The van der Waals surface area contributed by atoms with Gasteiger partial charge >= 0.3 is 6.61 Å². The number of aromatic nitrogens is 2. The van der Waals surface area contributed by atoms with Gasteiger partial charge in [-0.2, -0.15) is 8.78 Å². The first-order chi connectivity index (χ1) is 18.1. The van der Waals surface area contributed by atoms with E-state index in [4.69, 9.17) is 9.26 Å². The van der Waals surface area contributed by atoms with Crippen LogP contribution in [-0.4, -0.2) is 30.1 Å². The lowest BCUT2D eigenvalue weighted by Crippen LogP contribution is -2.31. The molecule has 1 N–H and O–H groups in total. The van der Waals surface area contributed by atoms with E-state index in [1.54, 1.807) is 12.1 Å². The summed E-state index contributed by atoms with van der Waals surface area (Å²) in [5.41, 5.74) is 1.23. The van der Waals surface area contributed by atoms with Crippen molar-refractivity contribution in [2.75, 3.05) is 0 Å². The maximum atomic E-state index is 13.8. The van der Waals surface area contributed by atoms with Gasteiger partial charge in [-0.1, -0.05) is 29.8 Å². The Kier molecular flexibility index (Phi) is 6.59. The molecule has 200 valence electrons. The first-order valence-corrected chi connectivity index (χ1v) is 13.3. The van der Waals surface area contributed by atoms with Gasteiger partial charge in [0.25, 0.3) is 10.0 Å². The fraction of sp³-hybridized carbons (Fsp3) is 0.308. The Morgan fingerprint density at radius 2 is 1.89 bits per heavy atom. The molecule has 1 amide bonds. The summed E-state index contributed by atoms with van der Waals surface area (Å²) in [6.07, 6.45) is 2.84. The van der Waals surface area contributed by atoms with E-state index in [-0.39, 0.29) is 46.7 Å². The van der Waals surface area contributed by atoms with Crippen LogP contribution in [0.25, 0.3) is 10.9 Å². The SMILES string of the molecule is Cc1ccc(S(=O)(=O)n2c(CNC(=O)C3(C)CC3)cc3cc(OC(F)F)c(OCc4ccon4)cc32)cc1. The molecule has 1 aliphatic carbocycles. The second-order valence-electron chi connectivity index (χ2n) is 9.48. The fourth-order valence-electron chi connectivity index (χ4n) is 4.03. The number of hydrogen-bond acceptors (Lipinski definition) is 7. The fourth-order valence-corrected chi connectivity index (χ4v) is 5.57. The number of fused-ring (bicyclic) bond motifs is 1. The first kappa shape index (κ1) is 25.7. The standard InChI is InChI=1S/C26H25F2N3O6S/c1-16-3-5-20(6-4-16)38(33,34)31-19(14-29-24(32)26(2)8-9-26)11-17-12-23(37-25(27)28)22(13-21(17)31)35-15-18-7-10-36-30-18/h3-7,10-13,25H,8-9,14-15H2,1-2H3,(H,29,32). The highest BCUT2D eigenvalue weighted by atomic mass is 32.2. The summed E-state index contributed by atoms with van der Waals surface area (Å²) in [4.78, 5) is 12.6. The Morgan fingerprint density at radius 1 is 1.16 bits per heavy atom. The number of carbonyl (C=O) groups is 1. The van der Waals surface area contributed by atoms with Gasteiger partial charge in [-0.25, -0.2) is 12.4 Å². The molecule has 0 aliphatic heterocycles. The molecule has 9 nitrogen and oxygen atoms in total. The van der Waals surface area contributed by atoms with Crippen LogP contribution in [0.4, 0.5) is 8.78 Å². The highest BCUT2D eigenvalue weighted by molar-refractivity contribution is 7.90. The molecule has 1 saturated carbocycles. The molecule has 2 aromatic heterocycles. The lowest BCUT2D eigenvalue weighted by molar-refractivity contribution is -0.125. The molecule has 12 heteroatoms. The molecule has 0 atom stereocenters. The summed E-state index contributed by atoms with van der Waals surface area (Å²) >= 11 is 0. The molecule has 0 radical (unpaired) electrons. The highest BCUT2D eigenvalue weighted by Gasteiger charge is 2.44. The van der Waals surface area contributed by atoms with Crippen LogP contribution in [0.15, 0.2) is 64.2 Å². The zero-order chi connectivity index (χ0) is 27.1. The minimum Gasteiger partial charge on any atom is -0.483 e. The number of nitrogens with one attached hydrogen (secondary N) is 1. The molecular formula is C26H25F2N3O6S. The van der Waals surface area contributed by atoms with E-state index >= 15 is 0 Å². The molecular weight excluding hydrogens is 520 g/mol. The Labute approximate surface area is 217 Å². The maximum Gasteiger partial charge on any atom is 0.387 e. The monoisotopic (exact) mass is 545 g/mol. The summed E-state index contributed by atoms with van der Waals surface area (Å²) in [5.74, 6) is -0.567. The molecule has 1 fully saturated rings. The molecule has 0 bridgehead atoms. The summed E-state index contributed by atoms with van der Waals surface area (Å²) in [6.45, 7) is 0.318. The average molecular weight is 546 g/mol. The van der Waals surface area contributed by atoms with E-state index in [9.17, 15) is 22.0 Å². The van der Waals surface area contributed by atoms with Gasteiger partial charge in [-0.3, -0.25) is 4.79 Å². The molecule has 2 heterocycles. The van der Waals surface area contributed by atoms with Crippen LogP contribution in [0, 0.1) is 12.3 Å². The van der Waals surface area contributed by atoms with Crippen molar-refractivity contribution in [2.24, 2.45) is 5.41 Å². The van der Waals surface area contributed by atoms with Gasteiger partial charge in [0.05, 0.1) is 22.7 Å². The van der Waals surface area contributed by atoms with Crippen molar-refractivity contribution in [2.45, 2.75) is 51.3 Å². The first-order valence-electron chi connectivity index (χ1n) is 11.8. The lowest BCUT2D eigenvalue weighted by Gasteiger charge is -2.16. The maximum absolute atomic E-state index is 13.8. The van der Waals surface area contributed by atoms with E-state index in [0.717, 1.165) is 22.4 Å². The van der Waals surface area contributed by atoms with Crippen LogP contribution >= 0.6 is 0 Å². The van der Waals surface area contributed by atoms with E-state index < -0.39 is 22.0 Å². The van der Waals surface area contributed by atoms with Crippen LogP contribution in [-0.2, 0) is 28.0 Å². The van der Waals surface area contributed by atoms with E-state index in [0.29, 0.717) is 11.1 Å². The van der Waals surface area contributed by atoms with Crippen molar-refractivity contribution in [3.8, 4) is 11.5 Å². The number of benzene rings is 2. The van der Waals surface area contributed by atoms with Gasteiger partial charge in [0, 0.05) is 22.9 Å². The molecule has 2 aromatic carbocycles. The van der Waals surface area contributed by atoms with Crippen molar-refractivity contribution in [1.29, 1.82) is 0 Å². The van der Waals surface area contributed by atoms with Gasteiger partial charge in [0.2, 0.25) is 5.91 Å². The summed E-state index contributed by atoms with van der Waals surface area (Å²) in [6, 6.07) is 12.0. The average Bonchev–Trinajstić information content (AvgIpc) is 3.26. The summed E-state index contributed by atoms with van der Waals surface area (Å²) in [5, 5.41) is 6.85. The van der Waals surface area contributed by atoms with Crippen molar-refractivity contribution < 1.29 is 36.0 Å². The van der Waals surface area contributed by atoms with Crippen molar-refractivity contribution >= 4 is 26.8 Å². The number of hydrogen-bond donors (Lipinski definition) is 1. The lowest BCUT2D eigenvalue weighted by atomic mass is 10.1. The highest BCUT2D eigenvalue weighted by Crippen LogP contribution is 2.45. The molecule has 0 saturated heterocycles. The summed E-state index contributed by atoms with van der Waals surface area (Å²) in [7, 11) is -4.15. The number of ether oxygens (including phenoxy) is 2. The van der Waals surface area contributed by atoms with Gasteiger partial charge < -0.3 is 19.3 Å². The van der Waals surface area contributed by atoms with Crippen molar-refractivity contribution in [3.05, 3.63) is 71.7 Å². The third-order valence-electron chi connectivity index (χ3n) is 6.52. The number of rotatable bonds is 10. The second kappa shape index (κ2) is 9.75. The Morgan fingerprint density at radius 3 is 2.53 bits per heavy atom. The van der Waals surface area contributed by atoms with Crippen LogP contribution in [0.3, 0.4) is 0 Å². The molecule has 0 spiro atoms. The number of carbonyl (C=O) groups excluding carboxylic acids is 1. The number of halogens is 2. The molecule has 5 rings (SSSR count). The minimum absolute atomic E-state index is 0.0281. The summed E-state index contributed by atoms with van der Waals surface area (Å²) < 4.78 is 70.4. The van der Waals surface area contributed by atoms with E-state index in [1.807, 2.05) is 13.8 Å². The predicted octanol–water partition coefficient (Wildman–Crippen LogP) is 4.77. The van der Waals surface area contributed by atoms with Crippen LogP contribution in [0.5, 0.6) is 11.5 Å². The van der Waals surface area contributed by atoms with Crippen LogP contribution in [0.2, 0.25) is 0 Å². The van der Waals surface area contributed by atoms with Gasteiger partial charge in [0.1, 0.15) is 18.6 Å². The zero-order valence-electron chi connectivity index (χ0n) is 20.6. The smallest absolute Gasteiger partial charge is 0.387 e.